The van der Waals surface area contributed by atoms with Crippen molar-refractivity contribution in [1.29, 1.82) is 0 Å². The van der Waals surface area contributed by atoms with E-state index in [1.165, 1.54) is 13.2 Å². The predicted molar refractivity (Wildman–Crippen MR) is 106 cm³/mol. The number of fused-ring (bicyclic) bond motifs is 1. The van der Waals surface area contributed by atoms with Crippen LogP contribution in [0.5, 0.6) is 17.2 Å². The molecule has 7 nitrogen and oxygen atoms in total. The van der Waals surface area contributed by atoms with Crippen molar-refractivity contribution in [1.82, 2.24) is 0 Å². The summed E-state index contributed by atoms with van der Waals surface area (Å²) >= 11 is 0. The molecule has 0 atom stereocenters. The number of amides is 1. The van der Waals surface area contributed by atoms with Crippen molar-refractivity contribution < 1.29 is 23.4 Å². The van der Waals surface area contributed by atoms with Crippen LogP contribution in [0.1, 0.15) is 12.5 Å². The minimum absolute atomic E-state index is 0.219. The summed E-state index contributed by atoms with van der Waals surface area (Å²) in [5, 5.41) is 3.58. The summed E-state index contributed by atoms with van der Waals surface area (Å²) in [6.45, 7) is 1.75. The largest absolute Gasteiger partial charge is 0.497 e. The lowest BCUT2D eigenvalue weighted by molar-refractivity contribution is -0.118. The van der Waals surface area contributed by atoms with Crippen LogP contribution in [0.2, 0.25) is 0 Å². The summed E-state index contributed by atoms with van der Waals surface area (Å²) in [7, 11) is 3.06. The molecular weight excluding hydrogens is 362 g/mol. The van der Waals surface area contributed by atoms with Crippen molar-refractivity contribution in [2.24, 2.45) is 0 Å². The summed E-state index contributed by atoms with van der Waals surface area (Å²) < 4.78 is 21.2. The van der Waals surface area contributed by atoms with E-state index in [2.05, 4.69) is 5.32 Å². The fourth-order valence-corrected chi connectivity index (χ4v) is 2.84. The van der Waals surface area contributed by atoms with E-state index in [0.717, 1.165) is 10.9 Å². The van der Waals surface area contributed by atoms with Crippen LogP contribution in [0, 0.1) is 0 Å². The number of benzene rings is 2. The van der Waals surface area contributed by atoms with Crippen LogP contribution in [-0.4, -0.2) is 26.7 Å². The van der Waals surface area contributed by atoms with Crippen molar-refractivity contribution in [3.05, 3.63) is 58.4 Å². The molecule has 0 unspecified atom stereocenters. The van der Waals surface area contributed by atoms with E-state index in [1.807, 2.05) is 13.0 Å². The van der Waals surface area contributed by atoms with Gasteiger partial charge in [-0.05, 0) is 36.2 Å². The molecule has 0 spiro atoms. The third-order valence-corrected chi connectivity index (χ3v) is 4.23. The Kier molecular flexibility index (Phi) is 5.84. The number of rotatable bonds is 7. The van der Waals surface area contributed by atoms with Gasteiger partial charge in [-0.25, -0.2) is 4.79 Å². The number of ether oxygens (including phenoxy) is 3. The van der Waals surface area contributed by atoms with E-state index < -0.39 is 5.63 Å². The van der Waals surface area contributed by atoms with Crippen LogP contribution < -0.4 is 25.2 Å². The van der Waals surface area contributed by atoms with Crippen molar-refractivity contribution in [3.63, 3.8) is 0 Å². The Labute approximate surface area is 161 Å². The lowest BCUT2D eigenvalue weighted by Gasteiger charge is -2.12. The third-order valence-electron chi connectivity index (χ3n) is 4.23. The summed E-state index contributed by atoms with van der Waals surface area (Å²) in [4.78, 5) is 23.9. The van der Waals surface area contributed by atoms with Gasteiger partial charge in [0.05, 0.1) is 19.9 Å². The number of aryl methyl sites for hydroxylation is 1. The average Bonchev–Trinajstić information content (AvgIpc) is 2.71. The first-order valence-electron chi connectivity index (χ1n) is 8.75. The zero-order chi connectivity index (χ0) is 20.1. The summed E-state index contributed by atoms with van der Waals surface area (Å²) in [6.07, 6.45) is 0.715. The Balaban J connectivity index is 1.72. The molecule has 1 heterocycles. The van der Waals surface area contributed by atoms with Crippen molar-refractivity contribution in [2.45, 2.75) is 13.3 Å². The van der Waals surface area contributed by atoms with Gasteiger partial charge in [-0.15, -0.1) is 0 Å². The molecule has 1 amide bonds. The maximum absolute atomic E-state index is 12.3. The van der Waals surface area contributed by atoms with E-state index in [1.54, 1.807) is 37.4 Å². The second kappa shape index (κ2) is 8.47. The summed E-state index contributed by atoms with van der Waals surface area (Å²) in [5.74, 6) is 1.16. The van der Waals surface area contributed by atoms with Gasteiger partial charge in [-0.2, -0.15) is 0 Å². The normalized spacial score (nSPS) is 10.5. The smallest absolute Gasteiger partial charge is 0.336 e. The lowest BCUT2D eigenvalue weighted by atomic mass is 10.1. The fourth-order valence-electron chi connectivity index (χ4n) is 2.84. The zero-order valence-corrected chi connectivity index (χ0v) is 15.9. The van der Waals surface area contributed by atoms with Crippen LogP contribution in [-0.2, 0) is 11.2 Å². The molecule has 0 fully saturated rings. The monoisotopic (exact) mass is 383 g/mol. The standard InChI is InChI=1S/C21H21NO6/c1-4-13-9-21(24)28-19-11-15(5-7-16(13)19)27-12-20(23)22-17-10-14(25-2)6-8-18(17)26-3/h5-11H,4,12H2,1-3H3,(H,22,23). The van der Waals surface area contributed by atoms with Crippen LogP contribution in [0.3, 0.4) is 0 Å². The molecule has 2 aromatic carbocycles. The number of hydrogen-bond acceptors (Lipinski definition) is 6. The Hall–Kier alpha value is -3.48. The van der Waals surface area contributed by atoms with Gasteiger partial charge in [0.2, 0.25) is 0 Å². The van der Waals surface area contributed by atoms with Crippen molar-refractivity contribution >= 4 is 22.6 Å². The highest BCUT2D eigenvalue weighted by atomic mass is 16.5. The molecule has 0 bridgehead atoms. The Morgan fingerprint density at radius 2 is 1.82 bits per heavy atom. The highest BCUT2D eigenvalue weighted by molar-refractivity contribution is 5.93. The molecule has 0 aliphatic heterocycles. The molecule has 0 aliphatic carbocycles. The van der Waals surface area contributed by atoms with Crippen LogP contribution in [0.25, 0.3) is 11.0 Å². The highest BCUT2D eigenvalue weighted by Crippen LogP contribution is 2.29. The second-order valence-electron chi connectivity index (χ2n) is 6.01. The number of anilines is 1. The van der Waals surface area contributed by atoms with Crippen molar-refractivity contribution in [2.75, 3.05) is 26.1 Å². The number of hydrogen-bond donors (Lipinski definition) is 1. The fraction of sp³-hybridized carbons (Fsp3) is 0.238. The van der Waals surface area contributed by atoms with E-state index in [-0.39, 0.29) is 12.5 Å². The molecule has 0 saturated carbocycles. The minimum Gasteiger partial charge on any atom is -0.497 e. The lowest BCUT2D eigenvalue weighted by Crippen LogP contribution is -2.20. The molecule has 0 saturated heterocycles. The van der Waals surface area contributed by atoms with Gasteiger partial charge < -0.3 is 23.9 Å². The molecule has 3 rings (SSSR count). The minimum atomic E-state index is -0.413. The van der Waals surface area contributed by atoms with E-state index in [9.17, 15) is 9.59 Å². The molecule has 1 N–H and O–H groups in total. The van der Waals surface area contributed by atoms with E-state index in [0.29, 0.717) is 34.9 Å². The first-order valence-corrected chi connectivity index (χ1v) is 8.75. The highest BCUT2D eigenvalue weighted by Gasteiger charge is 2.11. The third kappa shape index (κ3) is 4.25. The average molecular weight is 383 g/mol. The van der Waals surface area contributed by atoms with Gasteiger partial charge in [0.25, 0.3) is 5.91 Å². The number of methoxy groups -OCH3 is 2. The zero-order valence-electron chi connectivity index (χ0n) is 15.9. The molecule has 3 aromatic rings. The van der Waals surface area contributed by atoms with E-state index in [4.69, 9.17) is 18.6 Å². The number of carbonyl (C=O) groups is 1. The van der Waals surface area contributed by atoms with Gasteiger partial charge in [-0.1, -0.05) is 6.92 Å². The molecule has 7 heteroatoms. The van der Waals surface area contributed by atoms with Crippen molar-refractivity contribution in [3.8, 4) is 17.2 Å². The van der Waals surface area contributed by atoms with Crippen LogP contribution in [0.15, 0.2) is 51.7 Å². The predicted octanol–water partition coefficient (Wildman–Crippen LogP) is 3.39. The Morgan fingerprint density at radius 3 is 2.54 bits per heavy atom. The second-order valence-corrected chi connectivity index (χ2v) is 6.01. The van der Waals surface area contributed by atoms with Crippen LogP contribution >= 0.6 is 0 Å². The first-order chi connectivity index (χ1) is 13.5. The van der Waals surface area contributed by atoms with Gasteiger partial charge in [0.15, 0.2) is 6.61 Å². The van der Waals surface area contributed by atoms with Gasteiger partial charge in [-0.3, -0.25) is 4.79 Å². The summed E-state index contributed by atoms with van der Waals surface area (Å²) in [5.41, 5.74) is 1.40. The Morgan fingerprint density at radius 1 is 1.04 bits per heavy atom. The molecule has 0 radical (unpaired) electrons. The SMILES string of the molecule is CCc1cc(=O)oc2cc(OCC(=O)Nc3cc(OC)ccc3OC)ccc12. The molecule has 28 heavy (non-hydrogen) atoms. The number of carbonyl (C=O) groups excluding carboxylic acids is 1. The number of nitrogens with one attached hydrogen (secondary N) is 1. The van der Waals surface area contributed by atoms with Gasteiger partial charge >= 0.3 is 5.63 Å². The summed E-state index contributed by atoms with van der Waals surface area (Å²) in [6, 6.07) is 11.7. The quantitative estimate of drug-likeness (QED) is 0.630. The topological polar surface area (TPSA) is 87.0 Å². The van der Waals surface area contributed by atoms with Gasteiger partial charge in [0, 0.05) is 23.6 Å². The molecule has 0 aliphatic rings. The Bertz CT molecular complexity index is 1060. The molecular formula is C21H21NO6. The maximum atomic E-state index is 12.3. The van der Waals surface area contributed by atoms with Crippen LogP contribution in [0.4, 0.5) is 5.69 Å². The van der Waals surface area contributed by atoms with E-state index >= 15 is 0 Å². The molecule has 1 aromatic heterocycles. The maximum Gasteiger partial charge on any atom is 0.336 e. The van der Waals surface area contributed by atoms with Gasteiger partial charge in [0.1, 0.15) is 22.8 Å². The molecule has 146 valence electrons. The first kappa shape index (κ1) is 19.3.